The van der Waals surface area contributed by atoms with E-state index in [-0.39, 0.29) is 17.3 Å². The minimum Gasteiger partial charge on any atom is -0.376 e. The Bertz CT molecular complexity index is 455. The molecule has 1 aromatic carbocycles. The standard InChI is InChI=1S/C17H25NO2/c1-13-11-20-14(2)10-18(13)12-17(3,4)16(19)15-8-6-5-7-9-15/h5-9,13-14H,10-12H2,1-4H3. The molecule has 1 aromatic rings. The summed E-state index contributed by atoms with van der Waals surface area (Å²) in [6, 6.07) is 9.94. The fraction of sp³-hybridized carbons (Fsp3) is 0.588. The van der Waals surface area contributed by atoms with Crippen molar-refractivity contribution in [2.24, 2.45) is 5.41 Å². The molecule has 0 amide bonds. The smallest absolute Gasteiger partial charge is 0.169 e. The summed E-state index contributed by atoms with van der Waals surface area (Å²) in [5, 5.41) is 0. The van der Waals surface area contributed by atoms with Crippen LogP contribution in [0.3, 0.4) is 0 Å². The van der Waals surface area contributed by atoms with Gasteiger partial charge in [-0.1, -0.05) is 44.2 Å². The molecular weight excluding hydrogens is 250 g/mol. The average molecular weight is 275 g/mol. The number of ether oxygens (including phenoxy) is 1. The third-order valence-corrected chi connectivity index (χ3v) is 3.99. The Morgan fingerprint density at radius 1 is 1.30 bits per heavy atom. The number of ketones is 1. The van der Waals surface area contributed by atoms with Gasteiger partial charge in [-0.3, -0.25) is 9.69 Å². The van der Waals surface area contributed by atoms with E-state index < -0.39 is 0 Å². The quantitative estimate of drug-likeness (QED) is 0.791. The second kappa shape index (κ2) is 6.06. The van der Waals surface area contributed by atoms with Crippen molar-refractivity contribution in [1.29, 1.82) is 0 Å². The highest BCUT2D eigenvalue weighted by Gasteiger charge is 2.34. The molecule has 0 N–H and O–H groups in total. The first kappa shape index (κ1) is 15.2. The zero-order valence-electron chi connectivity index (χ0n) is 12.9. The Labute approximate surface area is 121 Å². The van der Waals surface area contributed by atoms with E-state index in [9.17, 15) is 4.79 Å². The fourth-order valence-electron chi connectivity index (χ4n) is 2.75. The molecule has 1 saturated heterocycles. The van der Waals surface area contributed by atoms with Crippen LogP contribution < -0.4 is 0 Å². The van der Waals surface area contributed by atoms with Crippen LogP contribution in [0.25, 0.3) is 0 Å². The van der Waals surface area contributed by atoms with E-state index in [1.165, 1.54) is 0 Å². The number of Topliss-reactive ketones (excluding diaryl/α,β-unsaturated/α-hetero) is 1. The van der Waals surface area contributed by atoms with Crippen LogP contribution in [0.15, 0.2) is 30.3 Å². The van der Waals surface area contributed by atoms with Gasteiger partial charge < -0.3 is 4.74 Å². The van der Waals surface area contributed by atoms with Crippen LogP contribution in [-0.4, -0.2) is 42.5 Å². The van der Waals surface area contributed by atoms with Gasteiger partial charge in [-0.15, -0.1) is 0 Å². The maximum absolute atomic E-state index is 12.7. The number of morpholine rings is 1. The Morgan fingerprint density at radius 3 is 2.60 bits per heavy atom. The van der Waals surface area contributed by atoms with E-state index in [4.69, 9.17) is 4.74 Å². The summed E-state index contributed by atoms with van der Waals surface area (Å²) in [4.78, 5) is 15.0. The van der Waals surface area contributed by atoms with Crippen LogP contribution in [0.1, 0.15) is 38.1 Å². The van der Waals surface area contributed by atoms with Crippen molar-refractivity contribution in [2.75, 3.05) is 19.7 Å². The van der Waals surface area contributed by atoms with Crippen LogP contribution in [0.2, 0.25) is 0 Å². The Morgan fingerprint density at radius 2 is 1.95 bits per heavy atom. The van der Waals surface area contributed by atoms with E-state index in [1.807, 2.05) is 44.2 Å². The lowest BCUT2D eigenvalue weighted by Crippen LogP contribution is -2.51. The third kappa shape index (κ3) is 3.47. The zero-order chi connectivity index (χ0) is 14.8. The minimum atomic E-state index is -0.382. The molecule has 0 spiro atoms. The van der Waals surface area contributed by atoms with Crippen LogP contribution in [0.4, 0.5) is 0 Å². The van der Waals surface area contributed by atoms with Crippen molar-refractivity contribution in [2.45, 2.75) is 39.8 Å². The first-order valence-electron chi connectivity index (χ1n) is 7.35. The largest absolute Gasteiger partial charge is 0.376 e. The van der Waals surface area contributed by atoms with Crippen LogP contribution >= 0.6 is 0 Å². The van der Waals surface area contributed by atoms with Crippen molar-refractivity contribution >= 4 is 5.78 Å². The topological polar surface area (TPSA) is 29.5 Å². The summed E-state index contributed by atoms with van der Waals surface area (Å²) < 4.78 is 5.65. The third-order valence-electron chi connectivity index (χ3n) is 3.99. The van der Waals surface area contributed by atoms with E-state index in [0.29, 0.717) is 6.04 Å². The molecule has 0 aromatic heterocycles. The summed E-state index contributed by atoms with van der Waals surface area (Å²) in [5.74, 6) is 0.212. The maximum atomic E-state index is 12.7. The van der Waals surface area contributed by atoms with Crippen molar-refractivity contribution in [3.63, 3.8) is 0 Å². The number of hydrogen-bond acceptors (Lipinski definition) is 3. The highest BCUT2D eigenvalue weighted by molar-refractivity contribution is 6.00. The summed E-state index contributed by atoms with van der Waals surface area (Å²) >= 11 is 0. The molecule has 110 valence electrons. The molecule has 2 rings (SSSR count). The second-order valence-electron chi connectivity index (χ2n) is 6.50. The highest BCUT2D eigenvalue weighted by atomic mass is 16.5. The van der Waals surface area contributed by atoms with Gasteiger partial charge in [0, 0.05) is 30.1 Å². The Kier molecular flexibility index (Phi) is 4.61. The predicted molar refractivity (Wildman–Crippen MR) is 81.0 cm³/mol. The molecule has 0 bridgehead atoms. The van der Waals surface area contributed by atoms with E-state index in [1.54, 1.807) is 0 Å². The average Bonchev–Trinajstić information content (AvgIpc) is 2.43. The van der Waals surface area contributed by atoms with Crippen molar-refractivity contribution in [3.05, 3.63) is 35.9 Å². The number of hydrogen-bond donors (Lipinski definition) is 0. The van der Waals surface area contributed by atoms with Gasteiger partial charge in [-0.2, -0.15) is 0 Å². The van der Waals surface area contributed by atoms with Crippen LogP contribution in [0.5, 0.6) is 0 Å². The van der Waals surface area contributed by atoms with E-state index in [2.05, 4.69) is 18.7 Å². The first-order chi connectivity index (χ1) is 9.40. The molecule has 1 fully saturated rings. The molecule has 2 unspecified atom stereocenters. The van der Waals surface area contributed by atoms with Gasteiger partial charge >= 0.3 is 0 Å². The highest BCUT2D eigenvalue weighted by Crippen LogP contribution is 2.25. The van der Waals surface area contributed by atoms with Gasteiger partial charge in [0.2, 0.25) is 0 Å². The van der Waals surface area contributed by atoms with Gasteiger partial charge in [0.15, 0.2) is 5.78 Å². The molecule has 0 radical (unpaired) electrons. The molecule has 3 heteroatoms. The Hall–Kier alpha value is -1.19. The zero-order valence-corrected chi connectivity index (χ0v) is 12.9. The van der Waals surface area contributed by atoms with Crippen LogP contribution in [-0.2, 0) is 4.74 Å². The first-order valence-corrected chi connectivity index (χ1v) is 7.35. The number of carbonyl (C=O) groups excluding carboxylic acids is 1. The Balaban J connectivity index is 2.08. The van der Waals surface area contributed by atoms with Gasteiger partial charge in [-0.05, 0) is 13.8 Å². The second-order valence-corrected chi connectivity index (χ2v) is 6.50. The molecular formula is C17H25NO2. The lowest BCUT2D eigenvalue weighted by molar-refractivity contribution is -0.0577. The monoisotopic (exact) mass is 275 g/mol. The molecule has 20 heavy (non-hydrogen) atoms. The lowest BCUT2D eigenvalue weighted by atomic mass is 9.83. The summed E-state index contributed by atoms with van der Waals surface area (Å²) in [7, 11) is 0. The lowest BCUT2D eigenvalue weighted by Gasteiger charge is -2.40. The molecule has 0 saturated carbocycles. The number of rotatable bonds is 4. The van der Waals surface area contributed by atoms with Gasteiger partial charge in [0.1, 0.15) is 0 Å². The molecule has 3 nitrogen and oxygen atoms in total. The maximum Gasteiger partial charge on any atom is 0.169 e. The number of benzene rings is 1. The van der Waals surface area contributed by atoms with E-state index >= 15 is 0 Å². The van der Waals surface area contributed by atoms with Gasteiger partial charge in [0.25, 0.3) is 0 Å². The van der Waals surface area contributed by atoms with E-state index in [0.717, 1.165) is 25.3 Å². The molecule has 1 aliphatic rings. The molecule has 1 aliphatic heterocycles. The van der Waals surface area contributed by atoms with Crippen molar-refractivity contribution in [3.8, 4) is 0 Å². The SMILES string of the molecule is CC1CN(CC(C)(C)C(=O)c2ccccc2)C(C)CO1. The van der Waals surface area contributed by atoms with Crippen molar-refractivity contribution in [1.82, 2.24) is 4.90 Å². The summed E-state index contributed by atoms with van der Waals surface area (Å²) in [5.41, 5.74) is 0.415. The predicted octanol–water partition coefficient (Wildman–Crippen LogP) is 3.00. The van der Waals surface area contributed by atoms with Crippen molar-refractivity contribution < 1.29 is 9.53 Å². The summed E-state index contributed by atoms with van der Waals surface area (Å²) in [6.45, 7) is 10.7. The van der Waals surface area contributed by atoms with Gasteiger partial charge in [0.05, 0.1) is 12.7 Å². The molecule has 1 heterocycles. The minimum absolute atomic E-state index is 0.212. The van der Waals surface area contributed by atoms with Crippen LogP contribution in [0, 0.1) is 5.41 Å². The van der Waals surface area contributed by atoms with Gasteiger partial charge in [-0.25, -0.2) is 0 Å². The summed E-state index contributed by atoms with van der Waals surface area (Å²) in [6.07, 6.45) is 0.244. The molecule has 0 aliphatic carbocycles. The fourth-order valence-corrected chi connectivity index (χ4v) is 2.75. The molecule has 2 atom stereocenters. The normalized spacial score (nSPS) is 24.6. The number of nitrogens with zero attached hydrogens (tertiary/aromatic N) is 1. The number of carbonyl (C=O) groups is 1.